The van der Waals surface area contributed by atoms with Crippen LogP contribution in [0.4, 0.5) is 0 Å². The topological polar surface area (TPSA) is 24.1 Å². The van der Waals surface area contributed by atoms with Gasteiger partial charge in [-0.2, -0.15) is 0 Å². The molecule has 2 rings (SSSR count). The first-order valence-corrected chi connectivity index (χ1v) is 5.89. The van der Waals surface area contributed by atoms with Gasteiger partial charge in [0.25, 0.3) is 0 Å². The molecular formula is C11H24Cl2N2. The lowest BCUT2D eigenvalue weighted by Gasteiger charge is -2.23. The van der Waals surface area contributed by atoms with E-state index in [-0.39, 0.29) is 24.8 Å². The van der Waals surface area contributed by atoms with Gasteiger partial charge in [-0.3, -0.25) is 0 Å². The Balaban J connectivity index is 0.000000980. The second-order valence-corrected chi connectivity index (χ2v) is 4.56. The number of rotatable bonds is 3. The molecule has 0 aromatic heterocycles. The van der Waals surface area contributed by atoms with Gasteiger partial charge in [-0.15, -0.1) is 24.8 Å². The standard InChI is InChI=1S/C11H22N2.2ClH/c1-2-11(13-7-1)4-3-10-5-8-12-9-6-10;;/h10-13H,1-9H2;2*1H. The van der Waals surface area contributed by atoms with E-state index < -0.39 is 0 Å². The molecule has 1 unspecified atom stereocenters. The summed E-state index contributed by atoms with van der Waals surface area (Å²) in [5.74, 6) is 1.02. The van der Waals surface area contributed by atoms with Crippen molar-refractivity contribution in [2.75, 3.05) is 19.6 Å². The summed E-state index contributed by atoms with van der Waals surface area (Å²) in [4.78, 5) is 0. The van der Waals surface area contributed by atoms with Crippen LogP contribution < -0.4 is 10.6 Å². The summed E-state index contributed by atoms with van der Waals surface area (Å²) in [5.41, 5.74) is 0. The zero-order chi connectivity index (χ0) is 8.93. The molecule has 0 spiro atoms. The molecule has 2 aliphatic heterocycles. The maximum absolute atomic E-state index is 3.58. The highest BCUT2D eigenvalue weighted by atomic mass is 35.5. The van der Waals surface area contributed by atoms with Crippen LogP contribution in [-0.4, -0.2) is 25.7 Å². The van der Waals surface area contributed by atoms with Crippen LogP contribution in [0.25, 0.3) is 0 Å². The van der Waals surface area contributed by atoms with Crippen LogP contribution in [0.5, 0.6) is 0 Å². The molecule has 0 radical (unpaired) electrons. The molecule has 0 saturated carbocycles. The zero-order valence-electron chi connectivity index (χ0n) is 9.34. The molecule has 1 atom stereocenters. The molecule has 2 heterocycles. The van der Waals surface area contributed by atoms with Gasteiger partial charge in [0.05, 0.1) is 0 Å². The third kappa shape index (κ3) is 5.39. The molecule has 2 saturated heterocycles. The maximum Gasteiger partial charge on any atom is 0.00676 e. The lowest BCUT2D eigenvalue weighted by atomic mass is 9.91. The van der Waals surface area contributed by atoms with Crippen molar-refractivity contribution >= 4 is 24.8 Å². The van der Waals surface area contributed by atoms with Gasteiger partial charge in [0.1, 0.15) is 0 Å². The van der Waals surface area contributed by atoms with Crippen molar-refractivity contribution in [2.24, 2.45) is 5.92 Å². The van der Waals surface area contributed by atoms with Crippen molar-refractivity contribution in [3.63, 3.8) is 0 Å². The highest BCUT2D eigenvalue weighted by Gasteiger charge is 2.17. The third-order valence-electron chi connectivity index (χ3n) is 3.54. The average molecular weight is 255 g/mol. The molecule has 0 aromatic carbocycles. The van der Waals surface area contributed by atoms with Crippen molar-refractivity contribution in [2.45, 2.75) is 44.6 Å². The van der Waals surface area contributed by atoms with E-state index in [4.69, 9.17) is 0 Å². The molecule has 2 aliphatic rings. The average Bonchev–Trinajstić information content (AvgIpc) is 2.69. The molecule has 0 amide bonds. The highest BCUT2D eigenvalue weighted by Crippen LogP contribution is 2.21. The highest BCUT2D eigenvalue weighted by molar-refractivity contribution is 5.85. The van der Waals surface area contributed by atoms with E-state index in [2.05, 4.69) is 10.6 Å². The first-order valence-electron chi connectivity index (χ1n) is 5.89. The molecule has 0 aromatic rings. The summed E-state index contributed by atoms with van der Waals surface area (Å²) in [7, 11) is 0. The van der Waals surface area contributed by atoms with Crippen LogP contribution in [0.3, 0.4) is 0 Å². The van der Waals surface area contributed by atoms with E-state index in [0.29, 0.717) is 0 Å². The Morgan fingerprint density at radius 3 is 2.20 bits per heavy atom. The van der Waals surface area contributed by atoms with E-state index in [9.17, 15) is 0 Å². The van der Waals surface area contributed by atoms with Gasteiger partial charge in [-0.25, -0.2) is 0 Å². The van der Waals surface area contributed by atoms with Gasteiger partial charge in [-0.05, 0) is 64.1 Å². The van der Waals surface area contributed by atoms with Crippen molar-refractivity contribution in [3.8, 4) is 0 Å². The molecule has 2 N–H and O–H groups in total. The van der Waals surface area contributed by atoms with Crippen LogP contribution in [0.1, 0.15) is 38.5 Å². The number of piperidine rings is 1. The largest absolute Gasteiger partial charge is 0.317 e. The van der Waals surface area contributed by atoms with Crippen molar-refractivity contribution in [1.29, 1.82) is 0 Å². The summed E-state index contributed by atoms with van der Waals surface area (Å²) in [6, 6.07) is 0.856. The molecule has 92 valence electrons. The lowest BCUT2D eigenvalue weighted by Crippen LogP contribution is -2.29. The minimum atomic E-state index is 0. The first kappa shape index (κ1) is 15.5. The van der Waals surface area contributed by atoms with Crippen molar-refractivity contribution in [1.82, 2.24) is 10.6 Å². The number of hydrogen-bond donors (Lipinski definition) is 2. The summed E-state index contributed by atoms with van der Waals surface area (Å²) < 4.78 is 0. The molecule has 2 nitrogen and oxygen atoms in total. The summed E-state index contributed by atoms with van der Waals surface area (Å²) in [5, 5.41) is 7.01. The van der Waals surface area contributed by atoms with Gasteiger partial charge in [-0.1, -0.05) is 0 Å². The first-order chi connectivity index (χ1) is 6.45. The van der Waals surface area contributed by atoms with Gasteiger partial charge in [0.2, 0.25) is 0 Å². The molecule has 2 fully saturated rings. The summed E-state index contributed by atoms with van der Waals surface area (Å²) in [6.07, 6.45) is 8.52. The van der Waals surface area contributed by atoms with Crippen LogP contribution >= 0.6 is 24.8 Å². The van der Waals surface area contributed by atoms with Crippen LogP contribution in [-0.2, 0) is 0 Å². The lowest BCUT2D eigenvalue weighted by molar-refractivity contribution is 0.332. The molecule has 0 bridgehead atoms. The number of halogens is 2. The Hall–Kier alpha value is 0.500. The van der Waals surface area contributed by atoms with E-state index in [1.54, 1.807) is 0 Å². The van der Waals surface area contributed by atoms with Crippen LogP contribution in [0.15, 0.2) is 0 Å². The van der Waals surface area contributed by atoms with Crippen LogP contribution in [0, 0.1) is 5.92 Å². The molecular weight excluding hydrogens is 231 g/mol. The fourth-order valence-electron chi connectivity index (χ4n) is 2.61. The number of hydrogen-bond acceptors (Lipinski definition) is 2. The molecule has 0 aliphatic carbocycles. The Bertz CT molecular complexity index is 144. The normalized spacial score (nSPS) is 26.8. The maximum atomic E-state index is 3.58. The smallest absolute Gasteiger partial charge is 0.00676 e. The Morgan fingerprint density at radius 2 is 1.60 bits per heavy atom. The van der Waals surface area contributed by atoms with Gasteiger partial charge >= 0.3 is 0 Å². The van der Waals surface area contributed by atoms with Crippen molar-refractivity contribution < 1.29 is 0 Å². The minimum Gasteiger partial charge on any atom is -0.317 e. The third-order valence-corrected chi connectivity index (χ3v) is 3.54. The van der Waals surface area contributed by atoms with Gasteiger partial charge in [0, 0.05) is 6.04 Å². The predicted molar refractivity (Wildman–Crippen MR) is 70.3 cm³/mol. The Labute approximate surface area is 106 Å². The van der Waals surface area contributed by atoms with E-state index in [1.807, 2.05) is 0 Å². The monoisotopic (exact) mass is 254 g/mol. The Morgan fingerprint density at radius 1 is 0.867 bits per heavy atom. The van der Waals surface area contributed by atoms with Gasteiger partial charge < -0.3 is 10.6 Å². The second kappa shape index (κ2) is 8.63. The Kier molecular flexibility index (Phi) is 8.92. The fraction of sp³-hybridized carbons (Fsp3) is 1.00. The number of nitrogens with one attached hydrogen (secondary N) is 2. The SMILES string of the molecule is C1CNC(CCC2CCNCC2)C1.Cl.Cl. The quantitative estimate of drug-likeness (QED) is 0.809. The fourth-order valence-corrected chi connectivity index (χ4v) is 2.61. The summed E-state index contributed by atoms with van der Waals surface area (Å²) in [6.45, 7) is 3.77. The predicted octanol–water partition coefficient (Wildman–Crippen LogP) is 2.36. The second-order valence-electron chi connectivity index (χ2n) is 4.56. The van der Waals surface area contributed by atoms with Crippen LogP contribution in [0.2, 0.25) is 0 Å². The van der Waals surface area contributed by atoms with Gasteiger partial charge in [0.15, 0.2) is 0 Å². The summed E-state index contributed by atoms with van der Waals surface area (Å²) >= 11 is 0. The molecule has 15 heavy (non-hydrogen) atoms. The zero-order valence-corrected chi connectivity index (χ0v) is 11.0. The van der Waals surface area contributed by atoms with E-state index in [1.165, 1.54) is 58.2 Å². The molecule has 4 heteroatoms. The van der Waals surface area contributed by atoms with E-state index in [0.717, 1.165) is 12.0 Å². The minimum absolute atomic E-state index is 0. The van der Waals surface area contributed by atoms with Crippen molar-refractivity contribution in [3.05, 3.63) is 0 Å². The van der Waals surface area contributed by atoms with E-state index >= 15 is 0 Å².